The maximum absolute atomic E-state index is 12.8. The number of hydrogen-bond acceptors (Lipinski definition) is 3. The maximum atomic E-state index is 12.8. The summed E-state index contributed by atoms with van der Waals surface area (Å²) < 4.78 is 27.0. The van der Waals surface area contributed by atoms with Gasteiger partial charge in [-0.05, 0) is 30.4 Å². The van der Waals surface area contributed by atoms with Gasteiger partial charge < -0.3 is 5.73 Å². The standard InChI is InChI=1S/C17H19ClN2O3S/c18-13(17(19)21)8-2-1-3-11-20-14-9-4-6-12-7-5-10-15(16(12)14)24(20,22)23/h4-7,9-10,13H,1-3,8,11H2,(H2,19,21). The molecule has 1 aliphatic rings. The molecule has 0 spiro atoms. The molecule has 0 aromatic heterocycles. The van der Waals surface area contributed by atoms with E-state index in [1.807, 2.05) is 24.3 Å². The van der Waals surface area contributed by atoms with E-state index in [1.54, 1.807) is 12.1 Å². The molecular weight excluding hydrogens is 348 g/mol. The highest BCUT2D eigenvalue weighted by atomic mass is 35.5. The van der Waals surface area contributed by atoms with Crippen molar-refractivity contribution in [3.05, 3.63) is 36.4 Å². The van der Waals surface area contributed by atoms with Crippen LogP contribution in [0.1, 0.15) is 25.7 Å². The second-order valence-electron chi connectivity index (χ2n) is 5.93. The Balaban J connectivity index is 1.70. The van der Waals surface area contributed by atoms with Gasteiger partial charge in [-0.25, -0.2) is 8.42 Å². The third-order valence-electron chi connectivity index (χ3n) is 4.31. The summed E-state index contributed by atoms with van der Waals surface area (Å²) in [6, 6.07) is 11.0. The van der Waals surface area contributed by atoms with Gasteiger partial charge in [-0.2, -0.15) is 0 Å². The number of primary amides is 1. The largest absolute Gasteiger partial charge is 0.368 e. The van der Waals surface area contributed by atoms with Crippen LogP contribution in [0.2, 0.25) is 0 Å². The zero-order valence-corrected chi connectivity index (χ0v) is 14.7. The molecule has 1 amide bonds. The van der Waals surface area contributed by atoms with E-state index < -0.39 is 21.3 Å². The van der Waals surface area contributed by atoms with Gasteiger partial charge in [0.1, 0.15) is 5.38 Å². The first-order valence-electron chi connectivity index (χ1n) is 7.91. The average molecular weight is 367 g/mol. The number of anilines is 1. The Morgan fingerprint density at radius 2 is 1.83 bits per heavy atom. The van der Waals surface area contributed by atoms with Gasteiger partial charge in [0.15, 0.2) is 0 Å². The lowest BCUT2D eigenvalue weighted by molar-refractivity contribution is -0.117. The summed E-state index contributed by atoms with van der Waals surface area (Å²) in [6.07, 6.45) is 2.74. The zero-order valence-electron chi connectivity index (χ0n) is 13.1. The molecule has 5 nitrogen and oxygen atoms in total. The van der Waals surface area contributed by atoms with Crippen molar-refractivity contribution in [2.45, 2.75) is 36.0 Å². The Morgan fingerprint density at radius 3 is 2.54 bits per heavy atom. The van der Waals surface area contributed by atoms with Gasteiger partial charge in [-0.15, -0.1) is 11.6 Å². The topological polar surface area (TPSA) is 80.5 Å². The highest BCUT2D eigenvalue weighted by Gasteiger charge is 2.34. The Kier molecular flexibility index (Phi) is 4.69. The van der Waals surface area contributed by atoms with Crippen LogP contribution < -0.4 is 10.0 Å². The lowest BCUT2D eigenvalue weighted by atomic mass is 10.1. The molecule has 0 bridgehead atoms. The number of alkyl halides is 1. The van der Waals surface area contributed by atoms with Crippen LogP contribution in [0.3, 0.4) is 0 Å². The quantitative estimate of drug-likeness (QED) is 0.604. The Labute approximate surface area is 146 Å². The summed E-state index contributed by atoms with van der Waals surface area (Å²) in [7, 11) is -3.48. The molecule has 1 unspecified atom stereocenters. The lowest BCUT2D eigenvalue weighted by Gasteiger charge is -2.18. The summed E-state index contributed by atoms with van der Waals surface area (Å²) in [5.41, 5.74) is 5.86. The average Bonchev–Trinajstić information content (AvgIpc) is 2.77. The maximum Gasteiger partial charge on any atom is 0.265 e. The molecule has 0 aliphatic carbocycles. The van der Waals surface area contributed by atoms with E-state index in [0.717, 1.165) is 29.3 Å². The van der Waals surface area contributed by atoms with Crippen LogP contribution in [0.25, 0.3) is 10.8 Å². The first-order valence-corrected chi connectivity index (χ1v) is 9.78. The van der Waals surface area contributed by atoms with Gasteiger partial charge in [-0.1, -0.05) is 37.1 Å². The fourth-order valence-corrected chi connectivity index (χ4v) is 5.00. The third-order valence-corrected chi connectivity index (χ3v) is 6.60. The van der Waals surface area contributed by atoms with Gasteiger partial charge >= 0.3 is 0 Å². The van der Waals surface area contributed by atoms with Gasteiger partial charge in [0.25, 0.3) is 10.0 Å². The number of benzene rings is 2. The molecule has 1 atom stereocenters. The van der Waals surface area contributed by atoms with Crippen molar-refractivity contribution in [3.8, 4) is 0 Å². The van der Waals surface area contributed by atoms with Crippen molar-refractivity contribution in [2.24, 2.45) is 5.73 Å². The van der Waals surface area contributed by atoms with Crippen molar-refractivity contribution in [2.75, 3.05) is 10.8 Å². The molecule has 3 rings (SSSR count). The van der Waals surface area contributed by atoms with Crippen LogP contribution in [0.4, 0.5) is 5.69 Å². The smallest absolute Gasteiger partial charge is 0.265 e. The number of amides is 1. The van der Waals surface area contributed by atoms with Crippen molar-refractivity contribution in [3.63, 3.8) is 0 Å². The second kappa shape index (κ2) is 6.61. The van der Waals surface area contributed by atoms with Crippen LogP contribution in [0.5, 0.6) is 0 Å². The van der Waals surface area contributed by atoms with Crippen LogP contribution in [-0.4, -0.2) is 26.2 Å². The molecule has 2 N–H and O–H groups in total. The first kappa shape index (κ1) is 17.0. The fraction of sp³-hybridized carbons (Fsp3) is 0.353. The SMILES string of the molecule is NC(=O)C(Cl)CCCCCN1c2cccc3cccc(c23)S1(=O)=O. The van der Waals surface area contributed by atoms with Crippen LogP contribution in [0, 0.1) is 0 Å². The van der Waals surface area contributed by atoms with E-state index in [1.165, 1.54) is 4.31 Å². The molecule has 24 heavy (non-hydrogen) atoms. The van der Waals surface area contributed by atoms with E-state index >= 15 is 0 Å². The molecule has 1 heterocycles. The molecule has 0 fully saturated rings. The monoisotopic (exact) mass is 366 g/mol. The van der Waals surface area contributed by atoms with Crippen LogP contribution >= 0.6 is 11.6 Å². The van der Waals surface area contributed by atoms with Gasteiger partial charge in [-0.3, -0.25) is 9.10 Å². The third kappa shape index (κ3) is 2.96. The second-order valence-corrected chi connectivity index (χ2v) is 8.29. The van der Waals surface area contributed by atoms with Crippen molar-refractivity contribution < 1.29 is 13.2 Å². The minimum atomic E-state index is -3.48. The van der Waals surface area contributed by atoms with E-state index in [4.69, 9.17) is 17.3 Å². The highest BCUT2D eigenvalue weighted by Crippen LogP contribution is 2.41. The van der Waals surface area contributed by atoms with Crippen molar-refractivity contribution in [1.29, 1.82) is 0 Å². The summed E-state index contributed by atoms with van der Waals surface area (Å²) in [5, 5.41) is 1.08. The molecule has 1 aliphatic heterocycles. The normalized spacial score (nSPS) is 16.5. The number of nitrogens with zero attached hydrogens (tertiary/aromatic N) is 1. The van der Waals surface area contributed by atoms with Crippen LogP contribution in [-0.2, 0) is 14.8 Å². The zero-order chi connectivity index (χ0) is 17.3. The first-order chi connectivity index (χ1) is 11.4. The molecule has 2 aromatic carbocycles. The van der Waals surface area contributed by atoms with Gasteiger partial charge in [0.2, 0.25) is 5.91 Å². The predicted octanol–water partition coefficient (Wildman–Crippen LogP) is 3.00. The summed E-state index contributed by atoms with van der Waals surface area (Å²) >= 11 is 5.80. The van der Waals surface area contributed by atoms with Gasteiger partial charge in [0.05, 0.1) is 10.6 Å². The molecule has 128 valence electrons. The molecule has 0 saturated carbocycles. The lowest BCUT2D eigenvalue weighted by Crippen LogP contribution is -2.28. The summed E-state index contributed by atoms with van der Waals surface area (Å²) in [4.78, 5) is 11.3. The fourth-order valence-electron chi connectivity index (χ4n) is 3.10. The van der Waals surface area contributed by atoms with E-state index in [2.05, 4.69) is 0 Å². The number of carbonyl (C=O) groups is 1. The minimum Gasteiger partial charge on any atom is -0.368 e. The Bertz CT molecular complexity index is 877. The van der Waals surface area contributed by atoms with Crippen LogP contribution in [0.15, 0.2) is 41.3 Å². The number of hydrogen-bond donors (Lipinski definition) is 1. The van der Waals surface area contributed by atoms with E-state index in [-0.39, 0.29) is 0 Å². The Morgan fingerprint density at radius 1 is 1.12 bits per heavy atom. The number of sulfonamides is 1. The molecular formula is C17H19ClN2O3S. The number of halogens is 1. The predicted molar refractivity (Wildman–Crippen MR) is 95.8 cm³/mol. The summed E-state index contributed by atoms with van der Waals surface area (Å²) in [5.74, 6) is -0.513. The number of nitrogens with two attached hydrogens (primary N) is 1. The number of rotatable bonds is 7. The van der Waals surface area contributed by atoms with Crippen molar-refractivity contribution >= 4 is 44.0 Å². The molecule has 7 heteroatoms. The highest BCUT2D eigenvalue weighted by molar-refractivity contribution is 7.93. The molecule has 0 saturated heterocycles. The number of carbonyl (C=O) groups excluding carboxylic acids is 1. The summed E-state index contributed by atoms with van der Waals surface area (Å²) in [6.45, 7) is 0.416. The Hall–Kier alpha value is -1.79. The van der Waals surface area contributed by atoms with Crippen molar-refractivity contribution in [1.82, 2.24) is 0 Å². The minimum absolute atomic E-state index is 0.380. The number of unbranched alkanes of at least 4 members (excludes halogenated alkanes) is 2. The molecule has 2 aromatic rings. The molecule has 0 radical (unpaired) electrons. The van der Waals surface area contributed by atoms with E-state index in [9.17, 15) is 13.2 Å². The van der Waals surface area contributed by atoms with Gasteiger partial charge in [0, 0.05) is 11.9 Å². The van der Waals surface area contributed by atoms with E-state index in [0.29, 0.717) is 24.3 Å².